The summed E-state index contributed by atoms with van der Waals surface area (Å²) in [4.78, 5) is 0. The molecule has 1 fully saturated rings. The van der Waals surface area contributed by atoms with Gasteiger partial charge in [0.1, 0.15) is 24.4 Å². The Kier molecular flexibility index (Phi) is 14.0. The van der Waals surface area contributed by atoms with Crippen LogP contribution in [0.3, 0.4) is 0 Å². The van der Waals surface area contributed by atoms with Gasteiger partial charge in [0.15, 0.2) is 6.29 Å². The van der Waals surface area contributed by atoms with E-state index >= 15 is 0 Å². The van der Waals surface area contributed by atoms with Crippen LogP contribution in [0, 0.1) is 0 Å². The van der Waals surface area contributed by atoms with Gasteiger partial charge in [0.2, 0.25) is 0 Å². The van der Waals surface area contributed by atoms with E-state index in [1.54, 1.807) is 0 Å². The number of ether oxygens (including phenoxy) is 2. The molecule has 0 aliphatic carbocycles. The lowest BCUT2D eigenvalue weighted by Crippen LogP contribution is -2.59. The average Bonchev–Trinajstić information content (AvgIpc) is 2.67. The van der Waals surface area contributed by atoms with Gasteiger partial charge < -0.3 is 29.9 Å². The molecule has 5 atom stereocenters. The van der Waals surface area contributed by atoms with Crippen molar-refractivity contribution in [1.82, 2.24) is 0 Å². The number of aliphatic hydroxyl groups is 4. The molecule has 0 amide bonds. The van der Waals surface area contributed by atoms with E-state index in [4.69, 9.17) is 14.6 Å². The fourth-order valence-electron chi connectivity index (χ4n) is 3.47. The summed E-state index contributed by atoms with van der Waals surface area (Å²) in [6.45, 7) is 3.72. The van der Waals surface area contributed by atoms with Crippen LogP contribution in [0.15, 0.2) is 12.7 Å². The minimum atomic E-state index is -1.45. The van der Waals surface area contributed by atoms with Crippen molar-refractivity contribution >= 4 is 0 Å². The normalized spacial score (nSPS) is 28.4. The summed E-state index contributed by atoms with van der Waals surface area (Å²) in [5.41, 5.74) is 0. The lowest BCUT2D eigenvalue weighted by atomic mass is 9.99. The predicted molar refractivity (Wildman–Crippen MR) is 105 cm³/mol. The van der Waals surface area contributed by atoms with Gasteiger partial charge in [-0.15, -0.1) is 6.58 Å². The lowest BCUT2D eigenvalue weighted by molar-refractivity contribution is -0.294. The molecule has 0 radical (unpaired) electrons. The highest BCUT2D eigenvalue weighted by Gasteiger charge is 2.44. The maximum Gasteiger partial charge on any atom is 0.184 e. The van der Waals surface area contributed by atoms with E-state index in [2.05, 4.69) is 6.58 Å². The Morgan fingerprint density at radius 2 is 1.30 bits per heavy atom. The van der Waals surface area contributed by atoms with Crippen LogP contribution in [0.4, 0.5) is 0 Å². The standard InChI is InChI=1S/C21H40O6/c1-2-3-4-5-6-7-8-9-10-11-12-13-14-15-26-20-18(23)17(16-22)27-21(25)19(20)24/h2,17-25H,1,3-16H2/t17-,18-,19-,20+,21?/m1/s1. The maximum atomic E-state index is 10.0. The van der Waals surface area contributed by atoms with Gasteiger partial charge in [0, 0.05) is 6.61 Å². The molecule has 1 aliphatic heterocycles. The molecule has 0 aromatic heterocycles. The van der Waals surface area contributed by atoms with Crippen molar-refractivity contribution in [1.29, 1.82) is 0 Å². The topological polar surface area (TPSA) is 99.4 Å². The molecule has 6 nitrogen and oxygen atoms in total. The molecule has 160 valence electrons. The van der Waals surface area contributed by atoms with E-state index in [1.165, 1.54) is 51.4 Å². The predicted octanol–water partition coefficient (Wildman–Crippen LogP) is 2.67. The highest BCUT2D eigenvalue weighted by atomic mass is 16.6. The van der Waals surface area contributed by atoms with E-state index in [0.29, 0.717) is 6.61 Å². The molecule has 1 rings (SSSR count). The zero-order valence-corrected chi connectivity index (χ0v) is 16.7. The molecule has 27 heavy (non-hydrogen) atoms. The first-order chi connectivity index (χ1) is 13.1. The largest absolute Gasteiger partial charge is 0.394 e. The highest BCUT2D eigenvalue weighted by molar-refractivity contribution is 4.89. The van der Waals surface area contributed by atoms with Crippen LogP contribution in [0.2, 0.25) is 0 Å². The first kappa shape index (κ1) is 24.5. The number of rotatable bonds is 16. The van der Waals surface area contributed by atoms with Gasteiger partial charge in [-0.1, -0.05) is 63.9 Å². The molecule has 0 aromatic carbocycles. The zero-order valence-electron chi connectivity index (χ0n) is 16.7. The van der Waals surface area contributed by atoms with E-state index in [-0.39, 0.29) is 0 Å². The molecule has 0 aromatic rings. The number of unbranched alkanes of at least 4 members (excludes halogenated alkanes) is 11. The van der Waals surface area contributed by atoms with Gasteiger partial charge in [0.25, 0.3) is 0 Å². The summed E-state index contributed by atoms with van der Waals surface area (Å²) in [5, 5.41) is 38.7. The van der Waals surface area contributed by atoms with Gasteiger partial charge in [0.05, 0.1) is 6.61 Å². The molecule has 1 saturated heterocycles. The Balaban J connectivity index is 1.95. The van der Waals surface area contributed by atoms with E-state index in [1.807, 2.05) is 6.08 Å². The monoisotopic (exact) mass is 388 g/mol. The second-order valence-electron chi connectivity index (χ2n) is 7.53. The van der Waals surface area contributed by atoms with Crippen molar-refractivity contribution in [3.8, 4) is 0 Å². The van der Waals surface area contributed by atoms with Crippen LogP contribution in [-0.2, 0) is 9.47 Å². The molecule has 0 bridgehead atoms. The van der Waals surface area contributed by atoms with Crippen molar-refractivity contribution in [3.63, 3.8) is 0 Å². The van der Waals surface area contributed by atoms with Gasteiger partial charge in [-0.3, -0.25) is 0 Å². The van der Waals surface area contributed by atoms with E-state index < -0.39 is 37.3 Å². The van der Waals surface area contributed by atoms with Crippen molar-refractivity contribution in [2.75, 3.05) is 13.2 Å². The lowest BCUT2D eigenvalue weighted by Gasteiger charge is -2.39. The van der Waals surface area contributed by atoms with E-state index in [0.717, 1.165) is 25.7 Å². The first-order valence-electron chi connectivity index (χ1n) is 10.6. The van der Waals surface area contributed by atoms with Gasteiger partial charge in [-0.25, -0.2) is 0 Å². The second-order valence-corrected chi connectivity index (χ2v) is 7.53. The molecular formula is C21H40O6. The minimum absolute atomic E-state index is 0.411. The van der Waals surface area contributed by atoms with Crippen LogP contribution < -0.4 is 0 Å². The Hall–Kier alpha value is -0.500. The molecule has 1 aliphatic rings. The Morgan fingerprint density at radius 3 is 1.81 bits per heavy atom. The van der Waals surface area contributed by atoms with Crippen LogP contribution in [0.25, 0.3) is 0 Å². The molecular weight excluding hydrogens is 348 g/mol. The van der Waals surface area contributed by atoms with Crippen molar-refractivity contribution in [2.45, 2.75) is 108 Å². The van der Waals surface area contributed by atoms with Crippen molar-refractivity contribution < 1.29 is 29.9 Å². The quantitative estimate of drug-likeness (QED) is 0.240. The average molecular weight is 389 g/mol. The fraction of sp³-hybridized carbons (Fsp3) is 0.905. The third-order valence-corrected chi connectivity index (χ3v) is 5.20. The summed E-state index contributed by atoms with van der Waals surface area (Å²) in [6.07, 6.45) is 10.8. The molecule has 0 spiro atoms. The Morgan fingerprint density at radius 1 is 0.778 bits per heavy atom. The number of hydrogen-bond donors (Lipinski definition) is 4. The summed E-state index contributed by atoms with van der Waals surface area (Å²) in [6, 6.07) is 0. The Bertz CT molecular complexity index is 365. The summed E-state index contributed by atoms with van der Waals surface area (Å²) in [5.74, 6) is 0. The van der Waals surface area contributed by atoms with Crippen molar-refractivity contribution in [2.24, 2.45) is 0 Å². The summed E-state index contributed by atoms with van der Waals surface area (Å²) in [7, 11) is 0. The third kappa shape index (κ3) is 10.0. The Labute approximate surface area is 164 Å². The van der Waals surface area contributed by atoms with E-state index in [9.17, 15) is 15.3 Å². The van der Waals surface area contributed by atoms with Gasteiger partial charge in [-0.05, 0) is 19.3 Å². The maximum absolute atomic E-state index is 10.0. The summed E-state index contributed by atoms with van der Waals surface area (Å²) < 4.78 is 10.5. The second kappa shape index (κ2) is 15.4. The third-order valence-electron chi connectivity index (χ3n) is 5.20. The van der Waals surface area contributed by atoms with Crippen molar-refractivity contribution in [3.05, 3.63) is 12.7 Å². The fourth-order valence-corrected chi connectivity index (χ4v) is 3.47. The zero-order chi connectivity index (χ0) is 19.9. The number of hydrogen-bond acceptors (Lipinski definition) is 6. The van der Waals surface area contributed by atoms with Crippen LogP contribution in [0.1, 0.15) is 77.0 Å². The number of aliphatic hydroxyl groups excluding tert-OH is 4. The van der Waals surface area contributed by atoms with Crippen LogP contribution in [-0.4, -0.2) is 64.3 Å². The van der Waals surface area contributed by atoms with Gasteiger partial charge >= 0.3 is 0 Å². The van der Waals surface area contributed by atoms with Gasteiger partial charge in [-0.2, -0.15) is 0 Å². The molecule has 1 heterocycles. The van der Waals surface area contributed by atoms with Crippen LogP contribution >= 0.6 is 0 Å². The van der Waals surface area contributed by atoms with Crippen LogP contribution in [0.5, 0.6) is 0 Å². The highest BCUT2D eigenvalue weighted by Crippen LogP contribution is 2.22. The minimum Gasteiger partial charge on any atom is -0.394 e. The summed E-state index contributed by atoms with van der Waals surface area (Å²) >= 11 is 0. The molecule has 1 unspecified atom stereocenters. The molecule has 6 heteroatoms. The smallest absolute Gasteiger partial charge is 0.184 e. The number of allylic oxidation sites excluding steroid dienone is 1. The molecule has 4 N–H and O–H groups in total. The SMILES string of the molecule is C=CCCCCCCCCCCCCCO[C@H]1[C@H](O)[C@@H](CO)OC(O)[C@@H]1O. The first-order valence-corrected chi connectivity index (χ1v) is 10.6. The molecule has 0 saturated carbocycles.